The van der Waals surface area contributed by atoms with Crippen molar-refractivity contribution >= 4 is 23.3 Å². The van der Waals surface area contributed by atoms with Gasteiger partial charge in [0.25, 0.3) is 0 Å². The molecular formula is C21H20N4O4. The molecule has 0 fully saturated rings. The molecule has 1 atom stereocenters. The molecule has 0 aliphatic carbocycles. The zero-order valence-corrected chi connectivity index (χ0v) is 16.0. The van der Waals surface area contributed by atoms with Crippen LogP contribution in [0.15, 0.2) is 54.7 Å². The van der Waals surface area contributed by atoms with Crippen molar-refractivity contribution in [3.63, 3.8) is 0 Å². The topological polar surface area (TPSA) is 94.5 Å². The van der Waals surface area contributed by atoms with E-state index in [2.05, 4.69) is 15.7 Å². The first kappa shape index (κ1) is 18.5. The first-order valence-electron chi connectivity index (χ1n) is 9.05. The van der Waals surface area contributed by atoms with E-state index in [4.69, 9.17) is 9.47 Å². The third-order valence-electron chi connectivity index (χ3n) is 4.77. The highest BCUT2D eigenvalue weighted by atomic mass is 16.5. The van der Waals surface area contributed by atoms with E-state index in [1.165, 1.54) is 0 Å². The number of rotatable bonds is 5. The molecule has 148 valence electrons. The Balaban J connectivity index is 1.63. The summed E-state index contributed by atoms with van der Waals surface area (Å²) in [5.41, 5.74) is 2.19. The van der Waals surface area contributed by atoms with Gasteiger partial charge in [0.05, 0.1) is 26.8 Å². The predicted octanol–water partition coefficient (Wildman–Crippen LogP) is 3.09. The first-order valence-corrected chi connectivity index (χ1v) is 9.05. The molecule has 29 heavy (non-hydrogen) atoms. The van der Waals surface area contributed by atoms with Crippen LogP contribution >= 0.6 is 0 Å². The normalized spacial score (nSPS) is 15.2. The van der Waals surface area contributed by atoms with Gasteiger partial charge in [-0.2, -0.15) is 5.10 Å². The maximum atomic E-state index is 12.9. The van der Waals surface area contributed by atoms with Crippen molar-refractivity contribution in [1.29, 1.82) is 0 Å². The van der Waals surface area contributed by atoms with Crippen LogP contribution in [-0.4, -0.2) is 35.8 Å². The molecule has 2 heterocycles. The number of carbonyl (C=O) groups is 2. The summed E-state index contributed by atoms with van der Waals surface area (Å²) < 4.78 is 11.9. The van der Waals surface area contributed by atoms with Gasteiger partial charge in [-0.3, -0.25) is 9.59 Å². The van der Waals surface area contributed by atoms with Crippen molar-refractivity contribution in [3.8, 4) is 22.6 Å². The summed E-state index contributed by atoms with van der Waals surface area (Å²) in [6.45, 7) is 0. The molecule has 0 spiro atoms. The number of nitrogens with one attached hydrogen (secondary N) is 2. The molecule has 8 heteroatoms. The Bertz CT molecular complexity index is 1060. The van der Waals surface area contributed by atoms with Crippen molar-refractivity contribution in [3.05, 3.63) is 54.7 Å². The summed E-state index contributed by atoms with van der Waals surface area (Å²) in [5.74, 6) is 1.30. The smallest absolute Gasteiger partial charge is 0.249 e. The van der Waals surface area contributed by atoms with E-state index < -0.39 is 6.04 Å². The van der Waals surface area contributed by atoms with Crippen molar-refractivity contribution in [2.24, 2.45) is 0 Å². The van der Waals surface area contributed by atoms with Crippen molar-refractivity contribution in [2.45, 2.75) is 12.5 Å². The second-order valence-corrected chi connectivity index (χ2v) is 6.57. The van der Waals surface area contributed by atoms with Crippen LogP contribution in [0, 0.1) is 0 Å². The Morgan fingerprint density at radius 3 is 2.62 bits per heavy atom. The molecule has 0 unspecified atom stereocenters. The maximum absolute atomic E-state index is 12.9. The van der Waals surface area contributed by atoms with Crippen molar-refractivity contribution < 1.29 is 19.1 Å². The van der Waals surface area contributed by atoms with Crippen LogP contribution in [0.1, 0.15) is 12.5 Å². The molecular weight excluding hydrogens is 372 g/mol. The van der Waals surface area contributed by atoms with Gasteiger partial charge in [0.2, 0.25) is 11.8 Å². The second-order valence-electron chi connectivity index (χ2n) is 6.57. The molecule has 0 bridgehead atoms. The zero-order chi connectivity index (χ0) is 20.4. The van der Waals surface area contributed by atoms with E-state index in [-0.39, 0.29) is 18.2 Å². The number of fused-ring (bicyclic) bond motifs is 1. The fourth-order valence-corrected chi connectivity index (χ4v) is 3.28. The van der Waals surface area contributed by atoms with Gasteiger partial charge in [0.1, 0.15) is 23.4 Å². The molecule has 2 N–H and O–H groups in total. The summed E-state index contributed by atoms with van der Waals surface area (Å²) >= 11 is 0. The molecule has 2 aromatic carbocycles. The van der Waals surface area contributed by atoms with E-state index in [9.17, 15) is 9.59 Å². The number of aromatic nitrogens is 2. The molecule has 1 aromatic heterocycles. The van der Waals surface area contributed by atoms with Gasteiger partial charge in [-0.1, -0.05) is 18.2 Å². The first-order chi connectivity index (χ1) is 14.1. The molecule has 8 nitrogen and oxygen atoms in total. The number of amides is 2. The van der Waals surface area contributed by atoms with Crippen LogP contribution in [0.3, 0.4) is 0 Å². The average Bonchev–Trinajstić information content (AvgIpc) is 3.17. The number of nitrogens with zero attached hydrogens (tertiary/aromatic N) is 2. The maximum Gasteiger partial charge on any atom is 0.249 e. The van der Waals surface area contributed by atoms with Crippen LogP contribution in [-0.2, 0) is 9.59 Å². The van der Waals surface area contributed by atoms with E-state index in [0.29, 0.717) is 17.3 Å². The number of benzene rings is 2. The highest BCUT2D eigenvalue weighted by Gasteiger charge is 2.33. The molecule has 4 rings (SSSR count). The highest BCUT2D eigenvalue weighted by molar-refractivity contribution is 6.03. The van der Waals surface area contributed by atoms with Crippen LogP contribution < -0.4 is 20.1 Å². The third-order valence-corrected chi connectivity index (χ3v) is 4.77. The van der Waals surface area contributed by atoms with Gasteiger partial charge in [-0.15, -0.1) is 0 Å². The second kappa shape index (κ2) is 7.67. The van der Waals surface area contributed by atoms with Crippen LogP contribution in [0.4, 0.5) is 11.5 Å². The van der Waals surface area contributed by atoms with Gasteiger partial charge in [0, 0.05) is 17.3 Å². The average molecular weight is 392 g/mol. The Hall–Kier alpha value is -3.81. The standard InChI is InChI=1S/C21H20N4O4/c1-28-15-8-6-13(7-9-15)17-12-22-25-18(11-19(26)24-20(17)25)21(27)23-14-4-3-5-16(10-14)29-2/h3-10,12,18H,11H2,1-2H3,(H,23,27)(H,24,26)/t18-/m0/s1. The molecule has 1 aliphatic heterocycles. The van der Waals surface area contributed by atoms with Crippen LogP contribution in [0.25, 0.3) is 11.1 Å². The fraction of sp³-hybridized carbons (Fsp3) is 0.190. The number of ether oxygens (including phenoxy) is 2. The highest BCUT2D eigenvalue weighted by Crippen LogP contribution is 2.35. The van der Waals surface area contributed by atoms with Gasteiger partial charge in [0.15, 0.2) is 0 Å². The minimum atomic E-state index is -0.753. The Morgan fingerprint density at radius 1 is 1.14 bits per heavy atom. The largest absolute Gasteiger partial charge is 0.497 e. The quantitative estimate of drug-likeness (QED) is 0.696. The lowest BCUT2D eigenvalue weighted by molar-refractivity contribution is -0.125. The van der Waals surface area contributed by atoms with Crippen molar-refractivity contribution in [2.75, 3.05) is 24.9 Å². The lowest BCUT2D eigenvalue weighted by Gasteiger charge is -2.24. The van der Waals surface area contributed by atoms with Gasteiger partial charge >= 0.3 is 0 Å². The molecule has 2 amide bonds. The number of hydrogen-bond donors (Lipinski definition) is 2. The van der Waals surface area contributed by atoms with Crippen LogP contribution in [0.5, 0.6) is 11.5 Å². The summed E-state index contributed by atoms with van der Waals surface area (Å²) in [6.07, 6.45) is 1.65. The summed E-state index contributed by atoms with van der Waals surface area (Å²) in [6, 6.07) is 13.7. The van der Waals surface area contributed by atoms with Gasteiger partial charge in [-0.05, 0) is 29.8 Å². The lowest BCUT2D eigenvalue weighted by atomic mass is 10.1. The molecule has 3 aromatic rings. The zero-order valence-electron chi connectivity index (χ0n) is 16.0. The summed E-state index contributed by atoms with van der Waals surface area (Å²) in [5, 5.41) is 10.0. The summed E-state index contributed by atoms with van der Waals surface area (Å²) in [7, 11) is 3.16. The molecule has 0 saturated heterocycles. The lowest BCUT2D eigenvalue weighted by Crippen LogP contribution is -2.35. The van der Waals surface area contributed by atoms with E-state index in [1.54, 1.807) is 49.4 Å². The van der Waals surface area contributed by atoms with Gasteiger partial charge < -0.3 is 20.1 Å². The minimum absolute atomic E-state index is 0.00648. The minimum Gasteiger partial charge on any atom is -0.497 e. The Kier molecular flexibility index (Phi) is 4.90. The molecule has 0 radical (unpaired) electrons. The van der Waals surface area contributed by atoms with Gasteiger partial charge in [-0.25, -0.2) is 4.68 Å². The van der Waals surface area contributed by atoms with E-state index in [0.717, 1.165) is 16.9 Å². The molecule has 1 aliphatic rings. The monoisotopic (exact) mass is 392 g/mol. The summed E-state index contributed by atoms with van der Waals surface area (Å²) in [4.78, 5) is 25.2. The fourth-order valence-electron chi connectivity index (χ4n) is 3.28. The number of anilines is 2. The van der Waals surface area contributed by atoms with E-state index >= 15 is 0 Å². The third kappa shape index (κ3) is 3.64. The van der Waals surface area contributed by atoms with E-state index in [1.807, 2.05) is 24.3 Å². The number of methoxy groups -OCH3 is 2. The number of carbonyl (C=O) groups excluding carboxylic acids is 2. The Labute approximate surface area is 167 Å². The number of hydrogen-bond acceptors (Lipinski definition) is 5. The predicted molar refractivity (Wildman–Crippen MR) is 108 cm³/mol. The molecule has 0 saturated carbocycles. The van der Waals surface area contributed by atoms with Crippen molar-refractivity contribution in [1.82, 2.24) is 9.78 Å². The SMILES string of the molecule is COc1ccc(-c2cnn3c2NC(=O)C[C@H]3C(=O)Nc2cccc(OC)c2)cc1. The Morgan fingerprint density at radius 2 is 1.90 bits per heavy atom. The van der Waals surface area contributed by atoms with Crippen LogP contribution in [0.2, 0.25) is 0 Å².